The molecule has 1 rings (SSSR count). The number of hydrogen-bond acceptors (Lipinski definition) is 2. The fourth-order valence-corrected chi connectivity index (χ4v) is 1.98. The lowest BCUT2D eigenvalue weighted by Gasteiger charge is -2.12. The number of rotatable bonds is 7. The highest BCUT2D eigenvalue weighted by molar-refractivity contribution is 5.76. The summed E-state index contributed by atoms with van der Waals surface area (Å²) in [5, 5.41) is 6.19. The summed E-state index contributed by atoms with van der Waals surface area (Å²) >= 11 is 0. The van der Waals surface area contributed by atoms with Gasteiger partial charge in [0.25, 0.3) is 0 Å². The summed E-state index contributed by atoms with van der Waals surface area (Å²) < 4.78 is 0. The minimum absolute atomic E-state index is 0.121. The fourth-order valence-electron chi connectivity index (χ4n) is 1.98. The van der Waals surface area contributed by atoms with Crippen LogP contribution in [0.3, 0.4) is 0 Å². The first-order valence-corrected chi connectivity index (χ1v) is 6.67. The van der Waals surface area contributed by atoms with Crippen LogP contribution in [0.1, 0.15) is 31.4 Å². The van der Waals surface area contributed by atoms with E-state index in [1.807, 2.05) is 13.8 Å². The largest absolute Gasteiger partial charge is 0.356 e. The van der Waals surface area contributed by atoms with Gasteiger partial charge in [-0.05, 0) is 32.4 Å². The molecular formula is C15H24N2O. The van der Waals surface area contributed by atoms with E-state index in [2.05, 4.69) is 41.8 Å². The van der Waals surface area contributed by atoms with E-state index < -0.39 is 0 Å². The SMILES string of the molecule is CCNC(C)CC(=O)NCCc1cccc(C)c1. The maximum absolute atomic E-state index is 11.6. The molecule has 0 radical (unpaired) electrons. The van der Waals surface area contributed by atoms with Gasteiger partial charge in [-0.1, -0.05) is 36.8 Å². The van der Waals surface area contributed by atoms with Crippen molar-refractivity contribution in [3.63, 3.8) is 0 Å². The van der Waals surface area contributed by atoms with Gasteiger partial charge in [0.1, 0.15) is 0 Å². The first kappa shape index (κ1) is 14.7. The second kappa shape index (κ2) is 7.88. The van der Waals surface area contributed by atoms with E-state index in [9.17, 15) is 4.79 Å². The monoisotopic (exact) mass is 248 g/mol. The number of nitrogens with one attached hydrogen (secondary N) is 2. The number of benzene rings is 1. The van der Waals surface area contributed by atoms with Gasteiger partial charge in [0.05, 0.1) is 0 Å². The average molecular weight is 248 g/mol. The lowest BCUT2D eigenvalue weighted by molar-refractivity contribution is -0.121. The quantitative estimate of drug-likeness (QED) is 0.775. The molecule has 3 nitrogen and oxygen atoms in total. The van der Waals surface area contributed by atoms with Crippen molar-refractivity contribution in [1.82, 2.24) is 10.6 Å². The van der Waals surface area contributed by atoms with Crippen LogP contribution < -0.4 is 10.6 Å². The molecule has 0 aliphatic carbocycles. The third-order valence-corrected chi connectivity index (χ3v) is 2.86. The number of aryl methyl sites for hydroxylation is 1. The first-order chi connectivity index (χ1) is 8.61. The van der Waals surface area contributed by atoms with Crippen molar-refractivity contribution < 1.29 is 4.79 Å². The van der Waals surface area contributed by atoms with E-state index >= 15 is 0 Å². The molecule has 0 heterocycles. The predicted molar refractivity (Wildman–Crippen MR) is 75.6 cm³/mol. The van der Waals surface area contributed by atoms with Gasteiger partial charge in [-0.3, -0.25) is 4.79 Å². The molecule has 0 fully saturated rings. The minimum atomic E-state index is 0.121. The Morgan fingerprint density at radius 2 is 2.17 bits per heavy atom. The van der Waals surface area contributed by atoms with Crippen LogP contribution in [0.2, 0.25) is 0 Å². The molecule has 3 heteroatoms. The van der Waals surface area contributed by atoms with E-state index in [4.69, 9.17) is 0 Å². The third-order valence-electron chi connectivity index (χ3n) is 2.86. The molecule has 1 amide bonds. The van der Waals surface area contributed by atoms with Crippen LogP contribution in [-0.4, -0.2) is 25.0 Å². The summed E-state index contributed by atoms with van der Waals surface area (Å²) in [7, 11) is 0. The summed E-state index contributed by atoms with van der Waals surface area (Å²) in [6.45, 7) is 7.77. The number of carbonyl (C=O) groups excluding carboxylic acids is 1. The fraction of sp³-hybridized carbons (Fsp3) is 0.533. The molecule has 1 aromatic carbocycles. The standard InChI is InChI=1S/C15H24N2O/c1-4-16-13(3)11-15(18)17-9-8-14-7-5-6-12(2)10-14/h5-7,10,13,16H,4,8-9,11H2,1-3H3,(H,17,18). The van der Waals surface area contributed by atoms with Gasteiger partial charge in [-0.15, -0.1) is 0 Å². The molecule has 2 N–H and O–H groups in total. The molecule has 1 unspecified atom stereocenters. The average Bonchev–Trinajstić information content (AvgIpc) is 2.29. The van der Waals surface area contributed by atoms with Crippen molar-refractivity contribution in [2.75, 3.05) is 13.1 Å². The second-order valence-corrected chi connectivity index (χ2v) is 4.75. The Morgan fingerprint density at radius 3 is 2.83 bits per heavy atom. The second-order valence-electron chi connectivity index (χ2n) is 4.75. The Labute approximate surface area is 110 Å². The topological polar surface area (TPSA) is 41.1 Å². The Hall–Kier alpha value is -1.35. The summed E-state index contributed by atoms with van der Waals surface area (Å²) in [4.78, 5) is 11.6. The Kier molecular flexibility index (Phi) is 6.44. The van der Waals surface area contributed by atoms with E-state index in [1.165, 1.54) is 11.1 Å². The molecule has 1 atom stereocenters. The Morgan fingerprint density at radius 1 is 1.39 bits per heavy atom. The van der Waals surface area contributed by atoms with Crippen LogP contribution in [0, 0.1) is 6.92 Å². The van der Waals surface area contributed by atoms with Crippen LogP contribution >= 0.6 is 0 Å². The summed E-state index contributed by atoms with van der Waals surface area (Å²) in [6.07, 6.45) is 1.44. The molecule has 0 spiro atoms. The van der Waals surface area contributed by atoms with Crippen LogP contribution in [0.25, 0.3) is 0 Å². The summed E-state index contributed by atoms with van der Waals surface area (Å²) in [5.41, 5.74) is 2.54. The number of amides is 1. The molecule has 0 aromatic heterocycles. The van der Waals surface area contributed by atoms with Gasteiger partial charge >= 0.3 is 0 Å². The lowest BCUT2D eigenvalue weighted by Crippen LogP contribution is -2.34. The molecule has 0 saturated heterocycles. The van der Waals surface area contributed by atoms with Crippen molar-refractivity contribution >= 4 is 5.91 Å². The third kappa shape index (κ3) is 5.82. The van der Waals surface area contributed by atoms with Crippen molar-refractivity contribution in [2.24, 2.45) is 0 Å². The molecule has 1 aromatic rings. The highest BCUT2D eigenvalue weighted by Crippen LogP contribution is 2.03. The molecule has 0 saturated carbocycles. The molecule has 18 heavy (non-hydrogen) atoms. The van der Waals surface area contributed by atoms with E-state index in [0.29, 0.717) is 13.0 Å². The predicted octanol–water partition coefficient (Wildman–Crippen LogP) is 2.04. The summed E-state index contributed by atoms with van der Waals surface area (Å²) in [6, 6.07) is 8.64. The number of hydrogen-bond donors (Lipinski definition) is 2. The van der Waals surface area contributed by atoms with Gasteiger partial charge in [0, 0.05) is 19.0 Å². The normalized spacial score (nSPS) is 12.2. The van der Waals surface area contributed by atoms with Gasteiger partial charge in [0.15, 0.2) is 0 Å². The number of carbonyl (C=O) groups is 1. The zero-order valence-electron chi connectivity index (χ0n) is 11.6. The van der Waals surface area contributed by atoms with Crippen molar-refractivity contribution in [3.05, 3.63) is 35.4 Å². The molecular weight excluding hydrogens is 224 g/mol. The van der Waals surface area contributed by atoms with Gasteiger partial charge in [0.2, 0.25) is 5.91 Å². The van der Waals surface area contributed by atoms with Crippen molar-refractivity contribution in [3.8, 4) is 0 Å². The maximum Gasteiger partial charge on any atom is 0.221 e. The highest BCUT2D eigenvalue weighted by atomic mass is 16.1. The smallest absolute Gasteiger partial charge is 0.221 e. The van der Waals surface area contributed by atoms with Gasteiger partial charge < -0.3 is 10.6 Å². The van der Waals surface area contributed by atoms with Gasteiger partial charge in [-0.25, -0.2) is 0 Å². The Bertz CT molecular complexity index is 377. The maximum atomic E-state index is 11.6. The molecule has 100 valence electrons. The van der Waals surface area contributed by atoms with Crippen LogP contribution in [0.15, 0.2) is 24.3 Å². The summed E-state index contributed by atoms with van der Waals surface area (Å²) in [5.74, 6) is 0.121. The highest BCUT2D eigenvalue weighted by Gasteiger charge is 2.06. The molecule has 0 aliphatic heterocycles. The van der Waals surface area contributed by atoms with Crippen LogP contribution in [0.4, 0.5) is 0 Å². The van der Waals surface area contributed by atoms with E-state index in [-0.39, 0.29) is 11.9 Å². The van der Waals surface area contributed by atoms with Crippen LogP contribution in [0.5, 0.6) is 0 Å². The lowest BCUT2D eigenvalue weighted by atomic mass is 10.1. The first-order valence-electron chi connectivity index (χ1n) is 6.67. The van der Waals surface area contributed by atoms with E-state index in [1.54, 1.807) is 0 Å². The van der Waals surface area contributed by atoms with Gasteiger partial charge in [-0.2, -0.15) is 0 Å². The Balaban J connectivity index is 2.23. The van der Waals surface area contributed by atoms with E-state index in [0.717, 1.165) is 13.0 Å². The zero-order chi connectivity index (χ0) is 13.4. The van der Waals surface area contributed by atoms with Crippen molar-refractivity contribution in [2.45, 2.75) is 39.7 Å². The molecule has 0 bridgehead atoms. The zero-order valence-corrected chi connectivity index (χ0v) is 11.6. The minimum Gasteiger partial charge on any atom is -0.356 e. The van der Waals surface area contributed by atoms with Crippen LogP contribution in [-0.2, 0) is 11.2 Å². The van der Waals surface area contributed by atoms with Crippen molar-refractivity contribution in [1.29, 1.82) is 0 Å². The molecule has 0 aliphatic rings.